The molecule has 0 aliphatic carbocycles. The molecule has 23 heavy (non-hydrogen) atoms. The van der Waals surface area contributed by atoms with Crippen LogP contribution in [-0.2, 0) is 27.8 Å². The fourth-order valence-electron chi connectivity index (χ4n) is 2.12. The molecule has 1 aromatic heterocycles. The van der Waals surface area contributed by atoms with Gasteiger partial charge in [-0.15, -0.1) is 0 Å². The Morgan fingerprint density at radius 1 is 1.30 bits per heavy atom. The molecule has 0 saturated carbocycles. The number of hydrogen-bond acceptors (Lipinski definition) is 5. The number of anilines is 1. The van der Waals surface area contributed by atoms with E-state index in [0.717, 1.165) is 16.9 Å². The highest BCUT2D eigenvalue weighted by Gasteiger charge is 2.05. The summed E-state index contributed by atoms with van der Waals surface area (Å²) in [7, 11) is 0.677. The molecule has 0 spiro atoms. The number of nitrogens with zero attached hydrogens (tertiary/aromatic N) is 1. The number of nitrogens with one attached hydrogen (secondary N) is 1. The summed E-state index contributed by atoms with van der Waals surface area (Å²) >= 11 is 0. The van der Waals surface area contributed by atoms with Gasteiger partial charge in [0.15, 0.2) is 0 Å². The maximum atomic E-state index is 11.9. The second-order valence-electron chi connectivity index (χ2n) is 5.25. The summed E-state index contributed by atoms with van der Waals surface area (Å²) in [5.74, 6) is 1.22. The molecule has 0 saturated heterocycles. The molecule has 0 aliphatic rings. The Balaban J connectivity index is 1.97. The van der Waals surface area contributed by atoms with Gasteiger partial charge in [0.2, 0.25) is 0 Å². The zero-order valence-corrected chi connectivity index (χ0v) is 14.2. The van der Waals surface area contributed by atoms with Gasteiger partial charge in [0.1, 0.15) is 11.4 Å². The molecule has 0 amide bonds. The number of hydrogen-bond donors (Lipinski definition) is 2. The zero-order valence-electron chi connectivity index (χ0n) is 13.4. The van der Waals surface area contributed by atoms with Crippen molar-refractivity contribution >= 4 is 16.5 Å². The molecule has 2 N–H and O–H groups in total. The zero-order chi connectivity index (χ0) is 16.7. The quantitative estimate of drug-likeness (QED) is 0.776. The standard InChI is InChI=1S/C17H22N2O3S/c1-13-6-7-17(20)16(19-13)11-18-15-5-3-4-14(10-15)12-23(21)9-8-22-2/h3-7,10,18,20H,8-9,11-12H2,1-2H3. The Kier molecular flexibility index (Phi) is 6.55. The number of methoxy groups -OCH3 is 1. The van der Waals surface area contributed by atoms with Crippen molar-refractivity contribution in [1.29, 1.82) is 0 Å². The summed E-state index contributed by atoms with van der Waals surface area (Å²) in [5.41, 5.74) is 3.39. The third kappa shape index (κ3) is 5.65. The number of rotatable bonds is 8. The van der Waals surface area contributed by atoms with Crippen molar-refractivity contribution in [3.8, 4) is 5.75 Å². The first kappa shape index (κ1) is 17.4. The number of aryl methyl sites for hydroxylation is 1. The van der Waals surface area contributed by atoms with Gasteiger partial charge in [-0.3, -0.25) is 9.19 Å². The molecule has 0 aliphatic heterocycles. The van der Waals surface area contributed by atoms with Crippen LogP contribution in [-0.4, -0.2) is 33.8 Å². The number of ether oxygens (including phenoxy) is 1. The maximum Gasteiger partial charge on any atom is 0.138 e. The van der Waals surface area contributed by atoms with Crippen LogP contribution in [0.4, 0.5) is 5.69 Å². The van der Waals surface area contributed by atoms with E-state index in [9.17, 15) is 9.32 Å². The number of benzene rings is 1. The minimum Gasteiger partial charge on any atom is -0.506 e. The molecule has 124 valence electrons. The molecule has 1 atom stereocenters. The number of aromatic hydroxyl groups is 1. The second kappa shape index (κ2) is 8.64. The highest BCUT2D eigenvalue weighted by Crippen LogP contribution is 2.18. The third-order valence-corrected chi connectivity index (χ3v) is 4.60. The predicted octanol–water partition coefficient (Wildman–Crippen LogP) is 2.60. The van der Waals surface area contributed by atoms with E-state index in [0.29, 0.717) is 30.4 Å². The van der Waals surface area contributed by atoms with Gasteiger partial charge in [0.05, 0.1) is 13.2 Å². The van der Waals surface area contributed by atoms with Crippen LogP contribution in [0.5, 0.6) is 5.75 Å². The summed E-state index contributed by atoms with van der Waals surface area (Å²) in [5, 5.41) is 13.1. The second-order valence-corrected chi connectivity index (χ2v) is 6.83. The van der Waals surface area contributed by atoms with Crippen molar-refractivity contribution in [1.82, 2.24) is 4.98 Å². The SMILES string of the molecule is COCCS(=O)Cc1cccc(NCc2nc(C)ccc2O)c1. The van der Waals surface area contributed by atoms with Gasteiger partial charge < -0.3 is 15.2 Å². The lowest BCUT2D eigenvalue weighted by molar-refractivity contribution is 0.218. The lowest BCUT2D eigenvalue weighted by Gasteiger charge is -2.10. The van der Waals surface area contributed by atoms with Crippen LogP contribution in [0.3, 0.4) is 0 Å². The highest BCUT2D eigenvalue weighted by molar-refractivity contribution is 7.84. The normalized spacial score (nSPS) is 12.1. The lowest BCUT2D eigenvalue weighted by atomic mass is 10.2. The summed E-state index contributed by atoms with van der Waals surface area (Å²) in [6.07, 6.45) is 0. The predicted molar refractivity (Wildman–Crippen MR) is 93.0 cm³/mol. The Morgan fingerprint density at radius 3 is 2.91 bits per heavy atom. The minimum atomic E-state index is -0.931. The fraction of sp³-hybridized carbons (Fsp3) is 0.353. The molecule has 1 heterocycles. The molecule has 2 rings (SSSR count). The summed E-state index contributed by atoms with van der Waals surface area (Å²) in [6.45, 7) is 2.82. The van der Waals surface area contributed by atoms with E-state index in [1.807, 2.05) is 31.2 Å². The van der Waals surface area contributed by atoms with Gasteiger partial charge in [-0.2, -0.15) is 0 Å². The van der Waals surface area contributed by atoms with E-state index < -0.39 is 10.8 Å². The first-order valence-electron chi connectivity index (χ1n) is 7.40. The van der Waals surface area contributed by atoms with Gasteiger partial charge in [-0.05, 0) is 36.8 Å². The van der Waals surface area contributed by atoms with Crippen molar-refractivity contribution < 1.29 is 14.1 Å². The summed E-state index contributed by atoms with van der Waals surface area (Å²) in [6, 6.07) is 11.2. The Morgan fingerprint density at radius 2 is 2.13 bits per heavy atom. The van der Waals surface area contributed by atoms with Crippen molar-refractivity contribution in [2.45, 2.75) is 19.2 Å². The molecule has 5 nitrogen and oxygen atoms in total. The summed E-state index contributed by atoms with van der Waals surface area (Å²) in [4.78, 5) is 4.32. The molecule has 1 unspecified atom stereocenters. The van der Waals surface area contributed by atoms with Crippen LogP contribution >= 0.6 is 0 Å². The van der Waals surface area contributed by atoms with Crippen molar-refractivity contribution in [3.05, 3.63) is 53.3 Å². The van der Waals surface area contributed by atoms with E-state index in [-0.39, 0.29) is 5.75 Å². The van der Waals surface area contributed by atoms with Gasteiger partial charge in [-0.25, -0.2) is 0 Å². The molecule has 0 bridgehead atoms. The molecule has 0 radical (unpaired) electrons. The molecule has 2 aromatic rings. The fourth-order valence-corrected chi connectivity index (χ4v) is 3.17. The van der Waals surface area contributed by atoms with Crippen LogP contribution in [0, 0.1) is 6.92 Å². The highest BCUT2D eigenvalue weighted by atomic mass is 32.2. The van der Waals surface area contributed by atoms with Crippen molar-refractivity contribution in [2.75, 3.05) is 24.8 Å². The Labute approximate surface area is 139 Å². The van der Waals surface area contributed by atoms with Gasteiger partial charge in [0, 0.05) is 40.8 Å². The van der Waals surface area contributed by atoms with Gasteiger partial charge in [0.25, 0.3) is 0 Å². The topological polar surface area (TPSA) is 71.5 Å². The maximum absolute atomic E-state index is 11.9. The van der Waals surface area contributed by atoms with Crippen molar-refractivity contribution in [3.63, 3.8) is 0 Å². The van der Waals surface area contributed by atoms with E-state index in [4.69, 9.17) is 4.74 Å². The third-order valence-electron chi connectivity index (χ3n) is 3.32. The Hall–Kier alpha value is -1.92. The van der Waals surface area contributed by atoms with E-state index in [1.165, 1.54) is 0 Å². The number of aromatic nitrogens is 1. The van der Waals surface area contributed by atoms with Crippen LogP contribution in [0.2, 0.25) is 0 Å². The van der Waals surface area contributed by atoms with Crippen LogP contribution in [0.15, 0.2) is 36.4 Å². The summed E-state index contributed by atoms with van der Waals surface area (Å²) < 4.78 is 16.9. The smallest absolute Gasteiger partial charge is 0.138 e. The molecule has 1 aromatic carbocycles. The van der Waals surface area contributed by atoms with Crippen LogP contribution in [0.25, 0.3) is 0 Å². The first-order valence-corrected chi connectivity index (χ1v) is 8.89. The van der Waals surface area contributed by atoms with Crippen LogP contribution in [0.1, 0.15) is 17.0 Å². The molecular formula is C17H22N2O3S. The molecule has 0 fully saturated rings. The average molecular weight is 334 g/mol. The van der Waals surface area contributed by atoms with E-state index in [1.54, 1.807) is 19.2 Å². The van der Waals surface area contributed by atoms with Gasteiger partial charge in [-0.1, -0.05) is 12.1 Å². The minimum absolute atomic E-state index is 0.180. The molecule has 6 heteroatoms. The van der Waals surface area contributed by atoms with E-state index >= 15 is 0 Å². The van der Waals surface area contributed by atoms with E-state index in [2.05, 4.69) is 10.3 Å². The van der Waals surface area contributed by atoms with Crippen molar-refractivity contribution in [2.24, 2.45) is 0 Å². The largest absolute Gasteiger partial charge is 0.506 e. The van der Waals surface area contributed by atoms with Crippen LogP contribution < -0.4 is 5.32 Å². The van der Waals surface area contributed by atoms with Gasteiger partial charge >= 0.3 is 0 Å². The Bertz CT molecular complexity index is 677. The lowest BCUT2D eigenvalue weighted by Crippen LogP contribution is -2.07. The first-order chi connectivity index (χ1) is 11.1. The average Bonchev–Trinajstić information content (AvgIpc) is 2.54. The number of pyridine rings is 1. The monoisotopic (exact) mass is 334 g/mol. The molecular weight excluding hydrogens is 312 g/mol.